The predicted octanol–water partition coefficient (Wildman–Crippen LogP) is 1.57. The molecule has 0 aromatic heterocycles. The van der Waals surface area contributed by atoms with Gasteiger partial charge in [-0.2, -0.15) is 0 Å². The van der Waals surface area contributed by atoms with Gasteiger partial charge in [-0.15, -0.1) is 24.8 Å². The molecular weight excluding hydrogens is 313 g/mol. The number of nitrogens with one attached hydrogen (secondary N) is 1. The van der Waals surface area contributed by atoms with Crippen LogP contribution in [0.2, 0.25) is 0 Å². The van der Waals surface area contributed by atoms with Gasteiger partial charge in [0.25, 0.3) is 0 Å². The van der Waals surface area contributed by atoms with Crippen LogP contribution in [0.25, 0.3) is 0 Å². The summed E-state index contributed by atoms with van der Waals surface area (Å²) in [5.74, 6) is 0.0267. The Balaban J connectivity index is 0. The van der Waals surface area contributed by atoms with Gasteiger partial charge in [-0.25, -0.2) is 0 Å². The maximum Gasteiger partial charge on any atom is 0.249 e. The molecule has 1 saturated heterocycles. The van der Waals surface area contributed by atoms with Gasteiger partial charge >= 0.3 is 0 Å². The van der Waals surface area contributed by atoms with Crippen molar-refractivity contribution in [1.29, 1.82) is 0 Å². The van der Waals surface area contributed by atoms with Gasteiger partial charge in [-0.05, 0) is 45.3 Å². The third kappa shape index (κ3) is 8.83. The van der Waals surface area contributed by atoms with Crippen LogP contribution < -0.4 is 11.1 Å². The molecule has 0 unspecified atom stereocenters. The van der Waals surface area contributed by atoms with Crippen molar-refractivity contribution >= 4 is 30.7 Å². The number of ether oxygens (including phenoxy) is 1. The number of amides is 1. The lowest BCUT2D eigenvalue weighted by molar-refractivity contribution is -0.131. The zero-order valence-electron chi connectivity index (χ0n) is 13.2. The number of hydrogen-bond donors (Lipinski definition) is 2. The molecular formula is C14H31Cl2N3O2. The number of rotatable bonds is 9. The Morgan fingerprint density at radius 3 is 2.43 bits per heavy atom. The fraction of sp³-hybridized carbons (Fsp3) is 0.929. The highest BCUT2D eigenvalue weighted by Crippen LogP contribution is 2.18. The smallest absolute Gasteiger partial charge is 0.249 e. The van der Waals surface area contributed by atoms with E-state index in [4.69, 9.17) is 10.5 Å². The van der Waals surface area contributed by atoms with Crippen molar-refractivity contribution < 1.29 is 9.53 Å². The number of hydrogen-bond acceptors (Lipinski definition) is 4. The molecule has 0 aliphatic carbocycles. The summed E-state index contributed by atoms with van der Waals surface area (Å²) in [4.78, 5) is 14.2. The van der Waals surface area contributed by atoms with Crippen molar-refractivity contribution in [3.05, 3.63) is 0 Å². The minimum absolute atomic E-state index is 0. The van der Waals surface area contributed by atoms with Gasteiger partial charge in [-0.1, -0.05) is 13.8 Å². The molecule has 1 fully saturated rings. The lowest BCUT2D eigenvalue weighted by atomic mass is 10.2. The molecule has 3 N–H and O–H groups in total. The molecule has 0 aromatic rings. The summed E-state index contributed by atoms with van der Waals surface area (Å²) >= 11 is 0. The average molecular weight is 344 g/mol. The lowest BCUT2D eigenvalue weighted by Crippen LogP contribution is -2.36. The summed E-state index contributed by atoms with van der Waals surface area (Å²) < 4.78 is 5.56. The van der Waals surface area contributed by atoms with Gasteiger partial charge in [0.15, 0.2) is 0 Å². The molecule has 0 spiro atoms. The molecule has 128 valence electrons. The van der Waals surface area contributed by atoms with E-state index in [1.807, 2.05) is 0 Å². The fourth-order valence-electron chi connectivity index (χ4n) is 2.40. The first-order valence-electron chi connectivity index (χ1n) is 7.56. The van der Waals surface area contributed by atoms with Crippen LogP contribution in [0, 0.1) is 0 Å². The van der Waals surface area contributed by atoms with Crippen molar-refractivity contribution in [2.75, 3.05) is 32.7 Å². The number of nitrogens with zero attached hydrogens (tertiary/aromatic N) is 1. The summed E-state index contributed by atoms with van der Waals surface area (Å²) in [6, 6.07) is 0. The molecule has 1 aliphatic heterocycles. The Labute approximate surface area is 141 Å². The van der Waals surface area contributed by atoms with E-state index in [9.17, 15) is 4.79 Å². The van der Waals surface area contributed by atoms with E-state index < -0.39 is 0 Å². The minimum atomic E-state index is -0.281. The molecule has 5 nitrogen and oxygen atoms in total. The molecule has 0 saturated carbocycles. The summed E-state index contributed by atoms with van der Waals surface area (Å²) in [6.45, 7) is 8.91. The van der Waals surface area contributed by atoms with E-state index in [0.717, 1.165) is 51.9 Å². The lowest BCUT2D eigenvalue weighted by Gasteiger charge is -2.17. The van der Waals surface area contributed by atoms with Crippen molar-refractivity contribution in [2.24, 2.45) is 5.73 Å². The first kappa shape index (κ1) is 23.2. The van der Waals surface area contributed by atoms with Crippen molar-refractivity contribution in [3.63, 3.8) is 0 Å². The van der Waals surface area contributed by atoms with Crippen LogP contribution in [0.3, 0.4) is 0 Å². The van der Waals surface area contributed by atoms with Gasteiger partial charge in [-0.3, -0.25) is 4.79 Å². The predicted molar refractivity (Wildman–Crippen MR) is 91.5 cm³/mol. The Hall–Kier alpha value is -0.0700. The van der Waals surface area contributed by atoms with Crippen LogP contribution in [0.5, 0.6) is 0 Å². The highest BCUT2D eigenvalue weighted by Gasteiger charge is 2.29. The van der Waals surface area contributed by atoms with E-state index in [1.165, 1.54) is 0 Å². The Morgan fingerprint density at radius 1 is 1.24 bits per heavy atom. The van der Waals surface area contributed by atoms with Crippen molar-refractivity contribution in [1.82, 2.24) is 10.2 Å². The van der Waals surface area contributed by atoms with Crippen LogP contribution in [-0.4, -0.2) is 55.7 Å². The SMILES string of the molecule is CCN(CC)CCCCNC(=O)[C@@H]1CC[C@H](CN)O1.Cl.Cl. The van der Waals surface area contributed by atoms with Crippen LogP contribution in [-0.2, 0) is 9.53 Å². The topological polar surface area (TPSA) is 67.6 Å². The zero-order valence-corrected chi connectivity index (χ0v) is 14.8. The first-order valence-corrected chi connectivity index (χ1v) is 7.56. The monoisotopic (exact) mass is 343 g/mol. The van der Waals surface area contributed by atoms with Gasteiger partial charge < -0.3 is 20.7 Å². The van der Waals surface area contributed by atoms with Gasteiger partial charge in [0.1, 0.15) is 6.10 Å². The number of carbonyl (C=O) groups is 1. The molecule has 1 amide bonds. The normalized spacial score (nSPS) is 20.8. The molecule has 7 heteroatoms. The molecule has 2 atom stereocenters. The Bertz CT molecular complexity index is 267. The number of halogens is 2. The van der Waals surface area contributed by atoms with Crippen LogP contribution in [0.15, 0.2) is 0 Å². The second kappa shape index (κ2) is 13.6. The van der Waals surface area contributed by atoms with Crippen LogP contribution in [0.1, 0.15) is 39.5 Å². The highest BCUT2D eigenvalue weighted by atomic mass is 35.5. The summed E-state index contributed by atoms with van der Waals surface area (Å²) in [5.41, 5.74) is 5.53. The highest BCUT2D eigenvalue weighted by molar-refractivity contribution is 5.85. The molecule has 1 aliphatic rings. The summed E-state index contributed by atoms with van der Waals surface area (Å²) in [7, 11) is 0. The van der Waals surface area contributed by atoms with Gasteiger partial charge in [0.05, 0.1) is 6.10 Å². The van der Waals surface area contributed by atoms with E-state index >= 15 is 0 Å². The second-order valence-corrected chi connectivity index (χ2v) is 5.08. The second-order valence-electron chi connectivity index (χ2n) is 5.08. The molecule has 1 rings (SSSR count). The third-order valence-electron chi connectivity index (χ3n) is 3.76. The first-order chi connectivity index (χ1) is 9.21. The number of nitrogens with two attached hydrogens (primary N) is 1. The standard InChI is InChI=1S/C14H29N3O2.2ClH/c1-3-17(4-2)10-6-5-9-16-14(18)13-8-7-12(11-15)19-13;;/h12-13H,3-11,15H2,1-2H3,(H,16,18);2*1H/t12-,13+;;/m1../s1. The van der Waals surface area contributed by atoms with Crippen LogP contribution in [0.4, 0.5) is 0 Å². The zero-order chi connectivity index (χ0) is 14.1. The van der Waals surface area contributed by atoms with Crippen LogP contribution >= 0.6 is 24.8 Å². The largest absolute Gasteiger partial charge is 0.364 e. The molecule has 1 heterocycles. The molecule has 0 radical (unpaired) electrons. The van der Waals surface area contributed by atoms with E-state index in [1.54, 1.807) is 0 Å². The third-order valence-corrected chi connectivity index (χ3v) is 3.76. The van der Waals surface area contributed by atoms with Gasteiger partial charge in [0, 0.05) is 13.1 Å². The van der Waals surface area contributed by atoms with E-state index in [2.05, 4.69) is 24.1 Å². The maximum atomic E-state index is 11.8. The Kier molecular flexibility index (Phi) is 15.0. The summed E-state index contributed by atoms with van der Waals surface area (Å²) in [6.07, 6.45) is 3.63. The van der Waals surface area contributed by atoms with E-state index in [0.29, 0.717) is 6.54 Å². The summed E-state index contributed by atoms with van der Waals surface area (Å²) in [5, 5.41) is 2.96. The Morgan fingerprint density at radius 2 is 1.90 bits per heavy atom. The van der Waals surface area contributed by atoms with Crippen molar-refractivity contribution in [3.8, 4) is 0 Å². The maximum absolute atomic E-state index is 11.8. The molecule has 21 heavy (non-hydrogen) atoms. The number of unbranched alkanes of at least 4 members (excludes halogenated alkanes) is 1. The van der Waals surface area contributed by atoms with Gasteiger partial charge in [0.2, 0.25) is 5.91 Å². The quantitative estimate of drug-likeness (QED) is 0.623. The number of carbonyl (C=O) groups excluding carboxylic acids is 1. The molecule has 0 aromatic carbocycles. The molecule has 0 bridgehead atoms. The fourth-order valence-corrected chi connectivity index (χ4v) is 2.40. The minimum Gasteiger partial charge on any atom is -0.364 e. The van der Waals surface area contributed by atoms with Crippen molar-refractivity contribution in [2.45, 2.75) is 51.7 Å². The average Bonchev–Trinajstić information content (AvgIpc) is 2.91. The van der Waals surface area contributed by atoms with E-state index in [-0.39, 0.29) is 42.9 Å².